The summed E-state index contributed by atoms with van der Waals surface area (Å²) in [7, 11) is 0. The van der Waals surface area contributed by atoms with E-state index < -0.39 is 12.0 Å². The summed E-state index contributed by atoms with van der Waals surface area (Å²) in [4.78, 5) is 11.1. The van der Waals surface area contributed by atoms with Gasteiger partial charge < -0.3 is 5.11 Å². The van der Waals surface area contributed by atoms with Crippen molar-refractivity contribution in [1.29, 1.82) is 0 Å². The van der Waals surface area contributed by atoms with Crippen LogP contribution in [0.1, 0.15) is 25.5 Å². The third-order valence-electron chi connectivity index (χ3n) is 2.34. The number of hydrogen-bond donors (Lipinski definition) is 1. The topological polar surface area (TPSA) is 37.3 Å². The molecule has 1 rings (SSSR count). The van der Waals surface area contributed by atoms with Crippen LogP contribution in [0.2, 0.25) is 5.02 Å². The number of carbonyl (C=O) groups excluding carboxylic acids is 1. The molecule has 1 N–H and O–H groups in total. The lowest BCUT2D eigenvalue weighted by Gasteiger charge is -2.17. The molecule has 0 heterocycles. The molecule has 0 aliphatic heterocycles. The standard InChI is InChI=1S/C11H13ClO2/c1-7(8(2)13)11(14)9-5-3-4-6-10(9)12/h3-7,11,14H,1-2H3/t7-,11+/m1/s1. The first-order valence-electron chi connectivity index (χ1n) is 4.47. The van der Waals surface area contributed by atoms with Crippen LogP contribution in [0.25, 0.3) is 0 Å². The molecule has 2 nitrogen and oxygen atoms in total. The predicted octanol–water partition coefficient (Wildman–Crippen LogP) is 2.60. The molecule has 3 heteroatoms. The van der Waals surface area contributed by atoms with Crippen molar-refractivity contribution in [3.05, 3.63) is 34.9 Å². The Labute approximate surface area is 88.5 Å². The van der Waals surface area contributed by atoms with Gasteiger partial charge in [-0.15, -0.1) is 0 Å². The van der Waals surface area contributed by atoms with Crippen molar-refractivity contribution in [2.24, 2.45) is 5.92 Å². The molecule has 0 amide bonds. The van der Waals surface area contributed by atoms with Gasteiger partial charge in [-0.1, -0.05) is 36.7 Å². The van der Waals surface area contributed by atoms with Gasteiger partial charge in [0, 0.05) is 10.9 Å². The highest BCUT2D eigenvalue weighted by atomic mass is 35.5. The van der Waals surface area contributed by atoms with Gasteiger partial charge >= 0.3 is 0 Å². The minimum Gasteiger partial charge on any atom is -0.388 e. The molecular formula is C11H13ClO2. The molecule has 14 heavy (non-hydrogen) atoms. The van der Waals surface area contributed by atoms with Gasteiger partial charge in [-0.2, -0.15) is 0 Å². The quantitative estimate of drug-likeness (QED) is 0.836. The van der Waals surface area contributed by atoms with E-state index in [-0.39, 0.29) is 5.78 Å². The van der Waals surface area contributed by atoms with E-state index in [0.717, 1.165) is 0 Å². The number of aliphatic hydroxyl groups is 1. The van der Waals surface area contributed by atoms with E-state index >= 15 is 0 Å². The summed E-state index contributed by atoms with van der Waals surface area (Å²) in [5.41, 5.74) is 0.608. The number of rotatable bonds is 3. The van der Waals surface area contributed by atoms with E-state index in [1.54, 1.807) is 31.2 Å². The Kier molecular flexibility index (Phi) is 3.67. The molecule has 0 aromatic heterocycles. The van der Waals surface area contributed by atoms with Crippen molar-refractivity contribution < 1.29 is 9.90 Å². The molecule has 76 valence electrons. The number of ketones is 1. The normalized spacial score (nSPS) is 14.9. The third-order valence-corrected chi connectivity index (χ3v) is 2.68. The minimum absolute atomic E-state index is 0.0441. The highest BCUT2D eigenvalue weighted by molar-refractivity contribution is 6.31. The third kappa shape index (κ3) is 2.34. The molecule has 0 aliphatic carbocycles. The van der Waals surface area contributed by atoms with Crippen LogP contribution in [0, 0.1) is 5.92 Å². The largest absolute Gasteiger partial charge is 0.388 e. The van der Waals surface area contributed by atoms with E-state index in [2.05, 4.69) is 0 Å². The average molecular weight is 213 g/mol. The zero-order valence-corrected chi connectivity index (χ0v) is 8.95. The number of carbonyl (C=O) groups is 1. The zero-order valence-electron chi connectivity index (χ0n) is 8.20. The second-order valence-electron chi connectivity index (χ2n) is 3.37. The first-order valence-corrected chi connectivity index (χ1v) is 4.84. The second kappa shape index (κ2) is 4.58. The zero-order chi connectivity index (χ0) is 10.7. The summed E-state index contributed by atoms with van der Waals surface area (Å²) in [5.74, 6) is -0.465. The molecule has 0 bridgehead atoms. The first kappa shape index (κ1) is 11.2. The van der Waals surface area contributed by atoms with Crippen LogP contribution in [0.4, 0.5) is 0 Å². The van der Waals surface area contributed by atoms with Crippen molar-refractivity contribution in [3.63, 3.8) is 0 Å². The van der Waals surface area contributed by atoms with E-state index in [4.69, 9.17) is 11.6 Å². The lowest BCUT2D eigenvalue weighted by Crippen LogP contribution is -2.16. The summed E-state index contributed by atoms with van der Waals surface area (Å²) in [6.07, 6.45) is -0.818. The van der Waals surface area contributed by atoms with Gasteiger partial charge in [0.2, 0.25) is 0 Å². The molecule has 0 radical (unpaired) electrons. The minimum atomic E-state index is -0.818. The lowest BCUT2D eigenvalue weighted by atomic mass is 9.94. The molecule has 1 aromatic carbocycles. The number of Topliss-reactive ketones (excluding diaryl/α,β-unsaturated/α-hetero) is 1. The number of benzene rings is 1. The van der Waals surface area contributed by atoms with E-state index in [1.807, 2.05) is 0 Å². The van der Waals surface area contributed by atoms with Gasteiger partial charge in [0.15, 0.2) is 0 Å². The van der Waals surface area contributed by atoms with Crippen molar-refractivity contribution in [2.75, 3.05) is 0 Å². The van der Waals surface area contributed by atoms with Gasteiger partial charge in [0.25, 0.3) is 0 Å². The Morgan fingerprint density at radius 3 is 2.50 bits per heavy atom. The maximum atomic E-state index is 11.1. The van der Waals surface area contributed by atoms with Gasteiger partial charge in [-0.3, -0.25) is 4.79 Å². The molecular weight excluding hydrogens is 200 g/mol. The van der Waals surface area contributed by atoms with Crippen molar-refractivity contribution in [3.8, 4) is 0 Å². The monoisotopic (exact) mass is 212 g/mol. The van der Waals surface area contributed by atoms with E-state index in [1.165, 1.54) is 6.92 Å². The summed E-state index contributed by atoms with van der Waals surface area (Å²) in [5, 5.41) is 10.3. The fourth-order valence-corrected chi connectivity index (χ4v) is 1.45. The van der Waals surface area contributed by atoms with Crippen LogP contribution in [-0.4, -0.2) is 10.9 Å². The summed E-state index contributed by atoms with van der Waals surface area (Å²) < 4.78 is 0. The van der Waals surface area contributed by atoms with Crippen LogP contribution < -0.4 is 0 Å². The van der Waals surface area contributed by atoms with Crippen LogP contribution in [0.15, 0.2) is 24.3 Å². The van der Waals surface area contributed by atoms with Gasteiger partial charge in [0.1, 0.15) is 5.78 Å². The molecule has 1 aromatic rings. The Morgan fingerprint density at radius 1 is 1.43 bits per heavy atom. The number of aliphatic hydroxyl groups excluding tert-OH is 1. The van der Waals surface area contributed by atoms with Crippen LogP contribution in [-0.2, 0) is 4.79 Å². The SMILES string of the molecule is CC(=O)[C@@H](C)[C@H](O)c1ccccc1Cl. The maximum absolute atomic E-state index is 11.1. The van der Waals surface area contributed by atoms with Gasteiger partial charge in [0.05, 0.1) is 6.10 Å². The fraction of sp³-hybridized carbons (Fsp3) is 0.364. The average Bonchev–Trinajstić information content (AvgIpc) is 2.16. The summed E-state index contributed by atoms with van der Waals surface area (Å²) in [6.45, 7) is 3.15. The molecule has 0 spiro atoms. The van der Waals surface area contributed by atoms with Crippen molar-refractivity contribution >= 4 is 17.4 Å². The van der Waals surface area contributed by atoms with Gasteiger partial charge in [-0.05, 0) is 18.6 Å². The predicted molar refractivity (Wildman–Crippen MR) is 56.3 cm³/mol. The first-order chi connectivity index (χ1) is 6.54. The summed E-state index contributed by atoms with van der Waals surface area (Å²) in [6, 6.07) is 7.01. The maximum Gasteiger partial charge on any atom is 0.135 e. The Hall–Kier alpha value is -0.860. The Bertz CT molecular complexity index is 336. The Balaban J connectivity index is 2.94. The smallest absolute Gasteiger partial charge is 0.135 e. The second-order valence-corrected chi connectivity index (χ2v) is 3.77. The lowest BCUT2D eigenvalue weighted by molar-refractivity contribution is -0.123. The Morgan fingerprint density at radius 2 is 2.00 bits per heavy atom. The van der Waals surface area contributed by atoms with Crippen LogP contribution in [0.5, 0.6) is 0 Å². The molecule has 0 saturated carbocycles. The fourth-order valence-electron chi connectivity index (χ4n) is 1.21. The highest BCUT2D eigenvalue weighted by Gasteiger charge is 2.21. The van der Waals surface area contributed by atoms with Crippen LogP contribution in [0.3, 0.4) is 0 Å². The number of halogens is 1. The van der Waals surface area contributed by atoms with Crippen molar-refractivity contribution in [1.82, 2.24) is 0 Å². The van der Waals surface area contributed by atoms with Crippen LogP contribution >= 0.6 is 11.6 Å². The van der Waals surface area contributed by atoms with E-state index in [0.29, 0.717) is 10.6 Å². The number of hydrogen-bond acceptors (Lipinski definition) is 2. The summed E-state index contributed by atoms with van der Waals surface area (Å²) >= 11 is 5.90. The molecule has 0 unspecified atom stereocenters. The molecule has 0 fully saturated rings. The molecule has 0 saturated heterocycles. The van der Waals surface area contributed by atoms with Gasteiger partial charge in [-0.25, -0.2) is 0 Å². The molecule has 2 atom stereocenters. The highest BCUT2D eigenvalue weighted by Crippen LogP contribution is 2.28. The van der Waals surface area contributed by atoms with Crippen molar-refractivity contribution in [2.45, 2.75) is 20.0 Å². The molecule has 0 aliphatic rings. The van der Waals surface area contributed by atoms with E-state index in [9.17, 15) is 9.90 Å².